The fourth-order valence-electron chi connectivity index (χ4n) is 2.82. The molecule has 0 aliphatic carbocycles. The molecule has 1 N–H and O–H groups in total. The number of hydrogen-bond donors (Lipinski definition) is 1. The lowest BCUT2D eigenvalue weighted by Crippen LogP contribution is -2.44. The molecule has 4 nitrogen and oxygen atoms in total. The van der Waals surface area contributed by atoms with Gasteiger partial charge in [-0.25, -0.2) is 4.39 Å². The summed E-state index contributed by atoms with van der Waals surface area (Å²) in [6, 6.07) is 3.43. The maximum Gasteiger partial charge on any atom is 0.309 e. The fourth-order valence-corrected chi connectivity index (χ4v) is 3.01. The summed E-state index contributed by atoms with van der Waals surface area (Å²) in [5.41, 5.74) is 0.00174. The molecule has 0 spiro atoms. The van der Waals surface area contributed by atoms with Gasteiger partial charge in [0.2, 0.25) is 5.91 Å². The van der Waals surface area contributed by atoms with E-state index in [0.29, 0.717) is 5.56 Å². The van der Waals surface area contributed by atoms with Crippen LogP contribution in [0.3, 0.4) is 0 Å². The Labute approximate surface area is 127 Å². The molecule has 6 heteroatoms. The highest BCUT2D eigenvalue weighted by Gasteiger charge is 2.48. The van der Waals surface area contributed by atoms with Crippen LogP contribution in [0.2, 0.25) is 5.02 Å². The van der Waals surface area contributed by atoms with Crippen molar-refractivity contribution in [1.82, 2.24) is 4.90 Å². The molecule has 1 aromatic carbocycles. The number of likely N-dealkylation sites (tertiary alicyclic amines) is 1. The average molecular weight is 314 g/mol. The van der Waals surface area contributed by atoms with E-state index in [4.69, 9.17) is 11.6 Å². The van der Waals surface area contributed by atoms with E-state index in [0.717, 1.165) is 0 Å². The molecule has 2 unspecified atom stereocenters. The topological polar surface area (TPSA) is 57.6 Å². The van der Waals surface area contributed by atoms with Crippen LogP contribution in [-0.2, 0) is 9.59 Å². The molecule has 0 radical (unpaired) electrons. The molecule has 1 heterocycles. The zero-order valence-electron chi connectivity index (χ0n) is 12.1. The van der Waals surface area contributed by atoms with Crippen molar-refractivity contribution in [2.75, 3.05) is 0 Å². The second-order valence-corrected chi connectivity index (χ2v) is 6.61. The van der Waals surface area contributed by atoms with Gasteiger partial charge in [-0.05, 0) is 38.5 Å². The van der Waals surface area contributed by atoms with Gasteiger partial charge in [-0.15, -0.1) is 0 Å². The Morgan fingerprint density at radius 2 is 2.05 bits per heavy atom. The van der Waals surface area contributed by atoms with E-state index >= 15 is 0 Å². The number of amides is 1. The zero-order chi connectivity index (χ0) is 15.9. The minimum atomic E-state index is -1.04. The van der Waals surface area contributed by atoms with E-state index in [1.165, 1.54) is 18.2 Å². The number of halogens is 2. The SMILES string of the molecule is CC(C)(C)N1C(=O)CC(C(=O)O)C1c1ccc(F)c(Cl)c1. The van der Waals surface area contributed by atoms with E-state index in [1.54, 1.807) is 4.90 Å². The molecular weight excluding hydrogens is 297 g/mol. The highest BCUT2D eigenvalue weighted by atomic mass is 35.5. The Bertz CT molecular complexity index is 597. The first-order valence-corrected chi connectivity index (χ1v) is 7.00. The molecule has 1 aliphatic heterocycles. The minimum Gasteiger partial charge on any atom is -0.481 e. The Morgan fingerprint density at radius 1 is 1.43 bits per heavy atom. The third-order valence-corrected chi connectivity index (χ3v) is 3.94. The van der Waals surface area contributed by atoms with Crippen molar-refractivity contribution in [3.8, 4) is 0 Å². The molecular formula is C15H17ClFNO3. The molecule has 2 rings (SSSR count). The summed E-state index contributed by atoms with van der Waals surface area (Å²) in [4.78, 5) is 25.2. The predicted molar refractivity (Wildman–Crippen MR) is 76.5 cm³/mol. The third kappa shape index (κ3) is 2.88. The number of carboxylic acids is 1. The molecule has 1 amide bonds. The van der Waals surface area contributed by atoms with E-state index < -0.39 is 29.3 Å². The van der Waals surface area contributed by atoms with Crippen LogP contribution in [0.4, 0.5) is 4.39 Å². The van der Waals surface area contributed by atoms with Crippen LogP contribution in [-0.4, -0.2) is 27.4 Å². The Hall–Kier alpha value is -1.62. The summed E-state index contributed by atoms with van der Waals surface area (Å²) in [6.07, 6.45) is -0.0632. The zero-order valence-corrected chi connectivity index (χ0v) is 12.8. The van der Waals surface area contributed by atoms with Crippen LogP contribution >= 0.6 is 11.6 Å². The molecule has 1 fully saturated rings. The van der Waals surface area contributed by atoms with Crippen LogP contribution in [0.25, 0.3) is 0 Å². The van der Waals surface area contributed by atoms with Gasteiger partial charge in [0.25, 0.3) is 0 Å². The molecule has 1 aromatic rings. The minimum absolute atomic E-state index is 0.0632. The summed E-state index contributed by atoms with van der Waals surface area (Å²) in [7, 11) is 0. The number of carbonyl (C=O) groups excluding carboxylic acids is 1. The van der Waals surface area contributed by atoms with E-state index in [9.17, 15) is 19.1 Å². The smallest absolute Gasteiger partial charge is 0.309 e. The summed E-state index contributed by atoms with van der Waals surface area (Å²) < 4.78 is 13.3. The highest BCUT2D eigenvalue weighted by Crippen LogP contribution is 2.43. The largest absolute Gasteiger partial charge is 0.481 e. The molecule has 114 valence electrons. The van der Waals surface area contributed by atoms with E-state index in [2.05, 4.69) is 0 Å². The number of carboxylic acid groups (broad SMARTS) is 1. The second-order valence-electron chi connectivity index (χ2n) is 6.20. The first kappa shape index (κ1) is 15.8. The van der Waals surface area contributed by atoms with Gasteiger partial charge in [-0.3, -0.25) is 9.59 Å². The molecule has 0 saturated carbocycles. The van der Waals surface area contributed by atoms with Crippen molar-refractivity contribution in [2.45, 2.75) is 38.8 Å². The Kier molecular flexibility index (Phi) is 3.97. The number of aliphatic carboxylic acids is 1. The van der Waals surface area contributed by atoms with Crippen LogP contribution in [0, 0.1) is 11.7 Å². The van der Waals surface area contributed by atoms with Gasteiger partial charge in [-0.2, -0.15) is 0 Å². The number of rotatable bonds is 2. The summed E-state index contributed by atoms with van der Waals surface area (Å²) in [5, 5.41) is 9.31. The number of carbonyl (C=O) groups is 2. The Morgan fingerprint density at radius 3 is 2.52 bits per heavy atom. The molecule has 1 saturated heterocycles. The standard InChI is InChI=1S/C15H17ClFNO3/c1-15(2,3)18-12(19)7-9(14(20)21)13(18)8-4-5-11(17)10(16)6-8/h4-6,9,13H,7H2,1-3H3,(H,20,21). The second kappa shape index (κ2) is 5.30. The van der Waals surface area contributed by atoms with Crippen LogP contribution < -0.4 is 0 Å². The summed E-state index contributed by atoms with van der Waals surface area (Å²) in [5.74, 6) is -2.70. The van der Waals surface area contributed by atoms with E-state index in [-0.39, 0.29) is 17.4 Å². The van der Waals surface area contributed by atoms with Crippen molar-refractivity contribution in [2.24, 2.45) is 5.92 Å². The lowest BCUT2D eigenvalue weighted by atomic mass is 9.91. The average Bonchev–Trinajstić information content (AvgIpc) is 2.70. The summed E-state index contributed by atoms with van der Waals surface area (Å²) in [6.45, 7) is 5.52. The van der Waals surface area contributed by atoms with Gasteiger partial charge in [0.15, 0.2) is 0 Å². The predicted octanol–water partition coefficient (Wildman–Crippen LogP) is 3.25. The van der Waals surface area contributed by atoms with E-state index in [1.807, 2.05) is 20.8 Å². The van der Waals surface area contributed by atoms with Crippen molar-refractivity contribution in [3.05, 3.63) is 34.6 Å². The Balaban J connectivity index is 2.54. The lowest BCUT2D eigenvalue weighted by molar-refractivity contribution is -0.142. The molecule has 0 aromatic heterocycles. The van der Waals surface area contributed by atoms with Gasteiger partial charge in [0.1, 0.15) is 5.82 Å². The molecule has 21 heavy (non-hydrogen) atoms. The quantitative estimate of drug-likeness (QED) is 0.911. The van der Waals surface area contributed by atoms with Crippen LogP contribution in [0.1, 0.15) is 38.8 Å². The van der Waals surface area contributed by atoms with Gasteiger partial charge in [0, 0.05) is 12.0 Å². The van der Waals surface area contributed by atoms with Crippen molar-refractivity contribution >= 4 is 23.5 Å². The van der Waals surface area contributed by atoms with Gasteiger partial charge >= 0.3 is 5.97 Å². The lowest BCUT2D eigenvalue weighted by Gasteiger charge is -2.38. The maximum absolute atomic E-state index is 13.3. The first-order valence-electron chi connectivity index (χ1n) is 6.63. The van der Waals surface area contributed by atoms with Crippen molar-refractivity contribution in [3.63, 3.8) is 0 Å². The number of benzene rings is 1. The third-order valence-electron chi connectivity index (χ3n) is 3.65. The monoisotopic (exact) mass is 313 g/mol. The molecule has 1 aliphatic rings. The van der Waals surface area contributed by atoms with Gasteiger partial charge < -0.3 is 10.0 Å². The van der Waals surface area contributed by atoms with Crippen molar-refractivity contribution in [1.29, 1.82) is 0 Å². The van der Waals surface area contributed by atoms with Crippen LogP contribution in [0.5, 0.6) is 0 Å². The van der Waals surface area contributed by atoms with Crippen LogP contribution in [0.15, 0.2) is 18.2 Å². The summed E-state index contributed by atoms with van der Waals surface area (Å²) >= 11 is 5.79. The van der Waals surface area contributed by atoms with Gasteiger partial charge in [0.05, 0.1) is 17.0 Å². The molecule has 2 atom stereocenters. The van der Waals surface area contributed by atoms with Crippen molar-refractivity contribution < 1.29 is 19.1 Å². The maximum atomic E-state index is 13.3. The molecule has 0 bridgehead atoms. The number of nitrogens with zero attached hydrogens (tertiary/aromatic N) is 1. The fraction of sp³-hybridized carbons (Fsp3) is 0.467. The highest BCUT2D eigenvalue weighted by molar-refractivity contribution is 6.30. The first-order chi connectivity index (χ1) is 9.62. The normalized spacial score (nSPS) is 22.7. The number of hydrogen-bond acceptors (Lipinski definition) is 2. The van der Waals surface area contributed by atoms with Gasteiger partial charge in [-0.1, -0.05) is 17.7 Å².